The number of nitrogens with one attached hydrogen (secondary N) is 1. The first-order valence-electron chi connectivity index (χ1n) is 12.2. The van der Waals surface area contributed by atoms with E-state index in [-0.39, 0.29) is 5.91 Å². The van der Waals surface area contributed by atoms with Crippen LogP contribution < -0.4 is 14.7 Å². The molecule has 0 radical (unpaired) electrons. The normalized spacial score (nSPS) is 16.5. The molecule has 8 heteroatoms. The van der Waals surface area contributed by atoms with Crippen molar-refractivity contribution in [3.63, 3.8) is 0 Å². The zero-order valence-corrected chi connectivity index (χ0v) is 21.0. The molecule has 0 bridgehead atoms. The summed E-state index contributed by atoms with van der Waals surface area (Å²) < 4.78 is 6.17. The lowest BCUT2D eigenvalue weighted by atomic mass is 10.1. The van der Waals surface area contributed by atoms with Gasteiger partial charge in [0.05, 0.1) is 18.9 Å². The lowest BCUT2D eigenvalue weighted by Crippen LogP contribution is -2.36. The molecule has 0 unspecified atom stereocenters. The van der Waals surface area contributed by atoms with Gasteiger partial charge in [0.1, 0.15) is 18.8 Å². The SMILES string of the molecule is Cc1ccc(NC(=O)c2cccc(N3CCOCC3)c2)cc1[N+]1(c2nc(-c3cccnc3)cs2)CC1. The van der Waals surface area contributed by atoms with E-state index < -0.39 is 0 Å². The molecule has 0 spiro atoms. The monoisotopic (exact) mass is 498 g/mol. The Bertz CT molecular complexity index is 1390. The van der Waals surface area contributed by atoms with Crippen LogP contribution in [0, 0.1) is 6.92 Å². The third kappa shape index (κ3) is 4.39. The minimum atomic E-state index is -0.106. The number of hydrogen-bond donors (Lipinski definition) is 1. The van der Waals surface area contributed by atoms with Gasteiger partial charge >= 0.3 is 0 Å². The van der Waals surface area contributed by atoms with Crippen LogP contribution in [0.1, 0.15) is 15.9 Å². The highest BCUT2D eigenvalue weighted by atomic mass is 32.1. The van der Waals surface area contributed by atoms with Crippen molar-refractivity contribution in [1.29, 1.82) is 0 Å². The van der Waals surface area contributed by atoms with E-state index in [9.17, 15) is 4.79 Å². The average molecular weight is 499 g/mol. The van der Waals surface area contributed by atoms with Crippen LogP contribution in [0.2, 0.25) is 0 Å². The average Bonchev–Trinajstić information content (AvgIpc) is 3.58. The first-order valence-corrected chi connectivity index (χ1v) is 13.1. The number of amides is 1. The maximum absolute atomic E-state index is 13.2. The summed E-state index contributed by atoms with van der Waals surface area (Å²) in [5.41, 5.74) is 6.85. The Labute approximate surface area is 214 Å². The Balaban J connectivity index is 1.24. The number of ether oxygens (including phenoxy) is 1. The van der Waals surface area contributed by atoms with E-state index in [2.05, 4.69) is 39.6 Å². The molecule has 2 aromatic carbocycles. The molecule has 2 aromatic heterocycles. The van der Waals surface area contributed by atoms with Crippen LogP contribution >= 0.6 is 11.3 Å². The quantitative estimate of drug-likeness (QED) is 0.290. The van der Waals surface area contributed by atoms with E-state index in [1.165, 1.54) is 11.3 Å². The summed E-state index contributed by atoms with van der Waals surface area (Å²) in [6, 6.07) is 18.0. The van der Waals surface area contributed by atoms with Gasteiger partial charge in [-0.25, -0.2) is 4.48 Å². The zero-order valence-electron chi connectivity index (χ0n) is 20.2. The van der Waals surface area contributed by atoms with E-state index >= 15 is 0 Å². The van der Waals surface area contributed by atoms with Gasteiger partial charge < -0.3 is 15.0 Å². The number of carbonyl (C=O) groups is 1. The number of aromatic nitrogens is 2. The number of nitrogens with zero attached hydrogens (tertiary/aromatic N) is 4. The molecule has 4 heterocycles. The fourth-order valence-corrected chi connectivity index (χ4v) is 5.80. The highest BCUT2D eigenvalue weighted by Gasteiger charge is 2.50. The second kappa shape index (κ2) is 9.46. The topological polar surface area (TPSA) is 67.4 Å². The summed E-state index contributed by atoms with van der Waals surface area (Å²) in [7, 11) is 0. The maximum atomic E-state index is 13.2. The van der Waals surface area contributed by atoms with Gasteiger partial charge in [0.25, 0.3) is 11.0 Å². The van der Waals surface area contributed by atoms with Crippen molar-refractivity contribution in [2.75, 3.05) is 49.6 Å². The Kier molecular flexibility index (Phi) is 6.00. The number of anilines is 2. The molecule has 0 saturated carbocycles. The Morgan fingerprint density at radius 3 is 2.72 bits per heavy atom. The van der Waals surface area contributed by atoms with E-state index in [4.69, 9.17) is 9.72 Å². The predicted octanol–water partition coefficient (Wildman–Crippen LogP) is 5.26. The molecule has 0 aliphatic carbocycles. The molecule has 1 N–H and O–H groups in total. The van der Waals surface area contributed by atoms with Crippen molar-refractivity contribution in [3.05, 3.63) is 83.5 Å². The molecule has 6 rings (SSSR count). The summed E-state index contributed by atoms with van der Waals surface area (Å²) >= 11 is 1.68. The van der Waals surface area contributed by atoms with Crippen molar-refractivity contribution in [1.82, 2.24) is 14.5 Å². The van der Waals surface area contributed by atoms with Crippen molar-refractivity contribution in [3.8, 4) is 11.3 Å². The van der Waals surface area contributed by atoms with Crippen LogP contribution in [0.25, 0.3) is 11.3 Å². The number of quaternary nitrogens is 1. The van der Waals surface area contributed by atoms with Gasteiger partial charge in [-0.1, -0.05) is 23.5 Å². The van der Waals surface area contributed by atoms with Gasteiger partial charge in [-0.2, -0.15) is 4.98 Å². The zero-order chi connectivity index (χ0) is 24.5. The summed E-state index contributed by atoms with van der Waals surface area (Å²) in [4.78, 5) is 24.6. The minimum absolute atomic E-state index is 0.106. The number of aryl methyl sites for hydroxylation is 1. The summed E-state index contributed by atoms with van der Waals surface area (Å²) in [5.74, 6) is -0.106. The van der Waals surface area contributed by atoms with Crippen LogP contribution in [-0.2, 0) is 4.74 Å². The van der Waals surface area contributed by atoms with Crippen LogP contribution in [-0.4, -0.2) is 55.3 Å². The number of rotatable bonds is 6. The molecule has 1 amide bonds. The van der Waals surface area contributed by atoms with Crippen LogP contribution in [0.4, 0.5) is 22.2 Å². The standard InChI is InChI=1S/C28H27N5O2S/c1-20-7-8-23(30-27(34)21-4-2-6-24(16-21)32-10-14-35-15-11-32)17-26(20)33(12-13-33)28-31-25(19-36-28)22-5-3-9-29-18-22/h2-9,16-19H,10-15H2,1H3/p+1. The van der Waals surface area contributed by atoms with Gasteiger partial charge in [0, 0.05) is 65.0 Å². The van der Waals surface area contributed by atoms with Crippen molar-refractivity contribution >= 4 is 39.4 Å². The molecule has 36 heavy (non-hydrogen) atoms. The highest BCUT2D eigenvalue weighted by Crippen LogP contribution is 2.47. The maximum Gasteiger partial charge on any atom is 0.292 e. The summed E-state index contributed by atoms with van der Waals surface area (Å²) in [5, 5.41) is 6.29. The molecule has 2 aliphatic rings. The molecule has 0 atom stereocenters. The molecular formula is C28H28N5O2S+. The molecule has 4 aromatic rings. The number of carbonyl (C=O) groups excluding carboxylic acids is 1. The fraction of sp³-hybridized carbons (Fsp3) is 0.250. The third-order valence-corrected chi connectivity index (χ3v) is 7.89. The Morgan fingerprint density at radius 2 is 1.94 bits per heavy atom. The van der Waals surface area contributed by atoms with Crippen molar-refractivity contribution < 1.29 is 9.53 Å². The number of hydrogen-bond acceptors (Lipinski definition) is 6. The van der Waals surface area contributed by atoms with E-state index in [1.807, 2.05) is 48.7 Å². The first kappa shape index (κ1) is 22.8. The fourth-order valence-electron chi connectivity index (χ4n) is 4.76. The lowest BCUT2D eigenvalue weighted by Gasteiger charge is -2.29. The third-order valence-electron chi connectivity index (χ3n) is 6.90. The van der Waals surface area contributed by atoms with Crippen LogP contribution in [0.15, 0.2) is 72.4 Å². The largest absolute Gasteiger partial charge is 0.378 e. The number of thiazole rings is 1. The van der Waals surface area contributed by atoms with E-state index in [1.54, 1.807) is 17.5 Å². The lowest BCUT2D eigenvalue weighted by molar-refractivity contribution is 0.102. The molecule has 182 valence electrons. The summed E-state index contributed by atoms with van der Waals surface area (Å²) in [6.45, 7) is 7.23. The molecule has 2 aliphatic heterocycles. The number of morpholine rings is 1. The summed E-state index contributed by atoms with van der Waals surface area (Å²) in [6.07, 6.45) is 3.62. The Hall–Kier alpha value is -3.59. The predicted molar refractivity (Wildman–Crippen MR) is 145 cm³/mol. The smallest absolute Gasteiger partial charge is 0.292 e. The van der Waals surface area contributed by atoms with Crippen LogP contribution in [0.3, 0.4) is 0 Å². The number of pyridine rings is 1. The van der Waals surface area contributed by atoms with E-state index in [0.717, 1.165) is 53.9 Å². The number of benzene rings is 2. The van der Waals surface area contributed by atoms with Gasteiger partial charge in [0.2, 0.25) is 0 Å². The molecule has 7 nitrogen and oxygen atoms in total. The van der Waals surface area contributed by atoms with Crippen molar-refractivity contribution in [2.45, 2.75) is 6.92 Å². The highest BCUT2D eigenvalue weighted by molar-refractivity contribution is 7.14. The molecule has 2 saturated heterocycles. The second-order valence-electron chi connectivity index (χ2n) is 9.28. The van der Waals surface area contributed by atoms with Gasteiger partial charge in [-0.3, -0.25) is 9.78 Å². The minimum Gasteiger partial charge on any atom is -0.378 e. The molecule has 2 fully saturated rings. The van der Waals surface area contributed by atoms with Gasteiger partial charge in [0.15, 0.2) is 0 Å². The Morgan fingerprint density at radius 1 is 1.08 bits per heavy atom. The van der Waals surface area contributed by atoms with Crippen molar-refractivity contribution in [2.24, 2.45) is 0 Å². The van der Waals surface area contributed by atoms with Gasteiger partial charge in [-0.05, 0) is 43.3 Å². The first-order chi connectivity index (χ1) is 17.6. The second-order valence-corrected chi connectivity index (χ2v) is 10.1. The molecular weight excluding hydrogens is 470 g/mol. The van der Waals surface area contributed by atoms with E-state index in [0.29, 0.717) is 23.3 Å². The van der Waals surface area contributed by atoms with Crippen LogP contribution in [0.5, 0.6) is 0 Å². The van der Waals surface area contributed by atoms with Gasteiger partial charge in [-0.15, -0.1) is 0 Å².